The number of rotatable bonds is 7. The second-order valence-electron chi connectivity index (χ2n) is 4.15. The molecule has 0 saturated heterocycles. The molecule has 0 aliphatic carbocycles. The second kappa shape index (κ2) is 7.33. The highest BCUT2D eigenvalue weighted by Gasteiger charge is 1.97. The molecule has 0 aliphatic rings. The van der Waals surface area contributed by atoms with Gasteiger partial charge < -0.3 is 14.8 Å². The molecule has 2 aromatic rings. The molecule has 2 rings (SSSR count). The van der Waals surface area contributed by atoms with Gasteiger partial charge in [0.05, 0.1) is 13.7 Å². The van der Waals surface area contributed by atoms with Crippen molar-refractivity contribution in [1.82, 2.24) is 4.98 Å². The Hall–Kier alpha value is -2.30. The van der Waals surface area contributed by atoms with Crippen molar-refractivity contribution < 1.29 is 13.9 Å². The quantitative estimate of drug-likeness (QED) is 0.623. The van der Waals surface area contributed by atoms with Crippen LogP contribution in [-0.2, 0) is 0 Å². The number of hydrogen-bond acceptors (Lipinski definition) is 4. The van der Waals surface area contributed by atoms with Gasteiger partial charge in [-0.25, -0.2) is 4.98 Å². The lowest BCUT2D eigenvalue weighted by Crippen LogP contribution is -2.08. The van der Waals surface area contributed by atoms with Crippen molar-refractivity contribution in [2.75, 3.05) is 25.6 Å². The van der Waals surface area contributed by atoms with Crippen molar-refractivity contribution in [3.63, 3.8) is 0 Å². The number of halogens is 1. The van der Waals surface area contributed by atoms with E-state index < -0.39 is 5.95 Å². The van der Waals surface area contributed by atoms with Crippen LogP contribution in [0.25, 0.3) is 0 Å². The Balaban J connectivity index is 1.66. The normalized spacial score (nSPS) is 10.1. The Labute approximate surface area is 117 Å². The minimum atomic E-state index is -0.482. The van der Waals surface area contributed by atoms with E-state index in [0.717, 1.165) is 17.9 Å². The molecule has 1 aromatic carbocycles. The molecular formula is C15H17FN2O2. The van der Waals surface area contributed by atoms with Gasteiger partial charge in [0.15, 0.2) is 0 Å². The summed E-state index contributed by atoms with van der Waals surface area (Å²) in [6.45, 7) is 1.25. The molecule has 5 heteroatoms. The molecule has 1 heterocycles. The Morgan fingerprint density at radius 1 is 1.10 bits per heavy atom. The summed E-state index contributed by atoms with van der Waals surface area (Å²) in [5.41, 5.74) is 0. The monoisotopic (exact) mass is 276 g/mol. The third-order valence-electron chi connectivity index (χ3n) is 2.67. The van der Waals surface area contributed by atoms with Crippen LogP contribution in [0.15, 0.2) is 42.5 Å². The van der Waals surface area contributed by atoms with E-state index >= 15 is 0 Å². The number of anilines is 1. The van der Waals surface area contributed by atoms with Crippen molar-refractivity contribution in [3.05, 3.63) is 48.4 Å². The molecule has 0 unspecified atom stereocenters. The van der Waals surface area contributed by atoms with E-state index in [1.807, 2.05) is 24.3 Å². The maximum atomic E-state index is 12.8. The molecule has 0 spiro atoms. The van der Waals surface area contributed by atoms with Crippen LogP contribution in [0.1, 0.15) is 6.42 Å². The van der Waals surface area contributed by atoms with E-state index in [1.54, 1.807) is 19.2 Å². The average molecular weight is 276 g/mol. The maximum absolute atomic E-state index is 12.8. The summed E-state index contributed by atoms with van der Waals surface area (Å²) in [7, 11) is 1.63. The smallest absolute Gasteiger partial charge is 0.214 e. The summed E-state index contributed by atoms with van der Waals surface area (Å²) in [5, 5.41) is 3.04. The minimum absolute atomic E-state index is 0.482. The zero-order valence-electron chi connectivity index (χ0n) is 11.3. The number of benzene rings is 1. The highest BCUT2D eigenvalue weighted by Crippen LogP contribution is 2.17. The molecule has 0 aliphatic heterocycles. The summed E-state index contributed by atoms with van der Waals surface area (Å²) in [4.78, 5) is 3.72. The topological polar surface area (TPSA) is 43.4 Å². The van der Waals surface area contributed by atoms with Gasteiger partial charge >= 0.3 is 0 Å². The van der Waals surface area contributed by atoms with Gasteiger partial charge in [0.1, 0.15) is 17.3 Å². The summed E-state index contributed by atoms with van der Waals surface area (Å²) in [6, 6.07) is 12.1. The van der Waals surface area contributed by atoms with Gasteiger partial charge in [0.25, 0.3) is 0 Å². The number of methoxy groups -OCH3 is 1. The van der Waals surface area contributed by atoms with Crippen molar-refractivity contribution in [1.29, 1.82) is 0 Å². The summed E-state index contributed by atoms with van der Waals surface area (Å²) in [5.74, 6) is 1.66. The molecule has 0 fully saturated rings. The molecule has 0 radical (unpaired) electrons. The average Bonchev–Trinajstić information content (AvgIpc) is 2.48. The van der Waals surface area contributed by atoms with Crippen molar-refractivity contribution >= 4 is 5.82 Å². The Morgan fingerprint density at radius 2 is 1.85 bits per heavy atom. The van der Waals surface area contributed by atoms with Crippen molar-refractivity contribution in [3.8, 4) is 11.5 Å². The number of hydrogen-bond donors (Lipinski definition) is 1. The van der Waals surface area contributed by atoms with Crippen LogP contribution in [0.5, 0.6) is 11.5 Å². The molecule has 0 saturated carbocycles. The molecule has 0 bridgehead atoms. The van der Waals surface area contributed by atoms with Crippen LogP contribution in [0, 0.1) is 5.95 Å². The maximum Gasteiger partial charge on any atom is 0.214 e. The van der Waals surface area contributed by atoms with Gasteiger partial charge in [-0.2, -0.15) is 4.39 Å². The first-order chi connectivity index (χ1) is 9.78. The second-order valence-corrected chi connectivity index (χ2v) is 4.15. The van der Waals surface area contributed by atoms with Gasteiger partial charge in [-0.05, 0) is 42.8 Å². The minimum Gasteiger partial charge on any atom is -0.497 e. The largest absolute Gasteiger partial charge is 0.497 e. The van der Waals surface area contributed by atoms with Gasteiger partial charge in [0, 0.05) is 6.54 Å². The Kier molecular flexibility index (Phi) is 5.17. The molecule has 1 aromatic heterocycles. The molecule has 106 valence electrons. The fraction of sp³-hybridized carbons (Fsp3) is 0.267. The fourth-order valence-corrected chi connectivity index (χ4v) is 1.66. The number of aromatic nitrogens is 1. The van der Waals surface area contributed by atoms with Crippen LogP contribution < -0.4 is 14.8 Å². The lowest BCUT2D eigenvalue weighted by molar-refractivity contribution is 0.314. The van der Waals surface area contributed by atoms with E-state index in [0.29, 0.717) is 19.0 Å². The molecule has 20 heavy (non-hydrogen) atoms. The third kappa shape index (κ3) is 4.42. The van der Waals surface area contributed by atoms with Gasteiger partial charge in [-0.1, -0.05) is 6.07 Å². The van der Waals surface area contributed by atoms with E-state index in [9.17, 15) is 4.39 Å². The number of ether oxygens (including phenoxy) is 2. The Bertz CT molecular complexity index is 532. The molecule has 4 nitrogen and oxygen atoms in total. The van der Waals surface area contributed by atoms with Crippen LogP contribution >= 0.6 is 0 Å². The zero-order chi connectivity index (χ0) is 14.2. The third-order valence-corrected chi connectivity index (χ3v) is 2.67. The van der Waals surface area contributed by atoms with Crippen LogP contribution in [0.3, 0.4) is 0 Å². The summed E-state index contributed by atoms with van der Waals surface area (Å²) < 4.78 is 23.5. The fourth-order valence-electron chi connectivity index (χ4n) is 1.66. The summed E-state index contributed by atoms with van der Waals surface area (Å²) >= 11 is 0. The SMILES string of the molecule is COc1ccc(OCCCNc2cccc(F)n2)cc1. The van der Waals surface area contributed by atoms with Crippen molar-refractivity contribution in [2.24, 2.45) is 0 Å². The first-order valence-electron chi connectivity index (χ1n) is 6.41. The predicted octanol–water partition coefficient (Wildman–Crippen LogP) is 3.11. The van der Waals surface area contributed by atoms with Crippen LogP contribution in [0.2, 0.25) is 0 Å². The van der Waals surface area contributed by atoms with E-state index in [-0.39, 0.29) is 0 Å². The van der Waals surface area contributed by atoms with Gasteiger partial charge in [0.2, 0.25) is 5.95 Å². The first-order valence-corrected chi connectivity index (χ1v) is 6.41. The standard InChI is InChI=1S/C15H17FN2O2/c1-19-12-6-8-13(9-7-12)20-11-3-10-17-15-5-2-4-14(16)18-15/h2,4-9H,3,10-11H2,1H3,(H,17,18). The van der Waals surface area contributed by atoms with Crippen molar-refractivity contribution in [2.45, 2.75) is 6.42 Å². The first kappa shape index (κ1) is 14.1. The molecule has 0 amide bonds. The molecular weight excluding hydrogens is 259 g/mol. The summed E-state index contributed by atoms with van der Waals surface area (Å²) in [6.07, 6.45) is 0.796. The van der Waals surface area contributed by atoms with E-state index in [2.05, 4.69) is 10.3 Å². The molecule has 1 N–H and O–H groups in total. The van der Waals surface area contributed by atoms with Crippen LogP contribution in [0.4, 0.5) is 10.2 Å². The van der Waals surface area contributed by atoms with E-state index in [4.69, 9.17) is 9.47 Å². The molecule has 0 atom stereocenters. The van der Waals surface area contributed by atoms with E-state index in [1.165, 1.54) is 6.07 Å². The van der Waals surface area contributed by atoms with Gasteiger partial charge in [-0.15, -0.1) is 0 Å². The van der Waals surface area contributed by atoms with Gasteiger partial charge in [-0.3, -0.25) is 0 Å². The highest BCUT2D eigenvalue weighted by molar-refractivity contribution is 5.33. The number of pyridine rings is 1. The Morgan fingerprint density at radius 3 is 2.55 bits per heavy atom. The zero-order valence-corrected chi connectivity index (χ0v) is 11.3. The highest BCUT2D eigenvalue weighted by atomic mass is 19.1. The van der Waals surface area contributed by atoms with Crippen LogP contribution in [-0.4, -0.2) is 25.2 Å². The predicted molar refractivity (Wildman–Crippen MR) is 75.8 cm³/mol. The number of nitrogens with zero attached hydrogens (tertiary/aromatic N) is 1. The number of nitrogens with one attached hydrogen (secondary N) is 1. The lowest BCUT2D eigenvalue weighted by atomic mass is 10.3. The lowest BCUT2D eigenvalue weighted by Gasteiger charge is -2.08.